The molecule has 1 heterocycles. The molecule has 2 unspecified atom stereocenters. The lowest BCUT2D eigenvalue weighted by Crippen LogP contribution is -2.35. The minimum absolute atomic E-state index is 0.110. The van der Waals surface area contributed by atoms with Gasteiger partial charge in [-0.25, -0.2) is 0 Å². The highest BCUT2D eigenvalue weighted by Crippen LogP contribution is 2.39. The molecular weight excluding hydrogens is 276 g/mol. The Morgan fingerprint density at radius 3 is 2.77 bits per heavy atom. The van der Waals surface area contributed by atoms with Gasteiger partial charge in [0, 0.05) is 19.0 Å². The molecule has 1 aromatic carbocycles. The minimum atomic E-state index is -0.419. The Labute approximate surface area is 130 Å². The molecule has 5 heteroatoms. The lowest BCUT2D eigenvalue weighted by Gasteiger charge is -2.26. The van der Waals surface area contributed by atoms with E-state index in [1.807, 2.05) is 18.2 Å². The highest BCUT2D eigenvalue weighted by Gasteiger charge is 2.34. The first-order valence-corrected chi connectivity index (χ1v) is 7.99. The molecule has 22 heavy (non-hydrogen) atoms. The SMILES string of the molecule is CN(Cc1nnc(C2CC2)n1C)C1Cc2ccccc2C1O. The van der Waals surface area contributed by atoms with Crippen LogP contribution in [0.15, 0.2) is 24.3 Å². The molecule has 0 amide bonds. The second kappa shape index (κ2) is 5.18. The third-order valence-electron chi connectivity index (χ3n) is 5.07. The minimum Gasteiger partial charge on any atom is -0.387 e. The third-order valence-corrected chi connectivity index (χ3v) is 5.07. The number of rotatable bonds is 4. The number of hydrogen-bond donors (Lipinski definition) is 1. The fourth-order valence-corrected chi connectivity index (χ4v) is 3.50. The van der Waals surface area contributed by atoms with E-state index in [0.29, 0.717) is 12.5 Å². The molecule has 2 atom stereocenters. The smallest absolute Gasteiger partial charge is 0.146 e. The summed E-state index contributed by atoms with van der Waals surface area (Å²) in [4.78, 5) is 2.20. The normalized spacial score (nSPS) is 24.0. The maximum absolute atomic E-state index is 10.6. The van der Waals surface area contributed by atoms with E-state index in [1.54, 1.807) is 0 Å². The van der Waals surface area contributed by atoms with Crippen LogP contribution in [0.3, 0.4) is 0 Å². The Hall–Kier alpha value is -1.72. The van der Waals surface area contributed by atoms with Crippen LogP contribution in [-0.2, 0) is 20.0 Å². The zero-order valence-electron chi connectivity index (χ0n) is 13.1. The molecule has 2 aliphatic carbocycles. The van der Waals surface area contributed by atoms with Gasteiger partial charge in [-0.2, -0.15) is 0 Å². The predicted octanol–water partition coefficient (Wildman–Crippen LogP) is 1.78. The van der Waals surface area contributed by atoms with Crippen molar-refractivity contribution in [2.45, 2.75) is 43.9 Å². The monoisotopic (exact) mass is 298 g/mol. The summed E-state index contributed by atoms with van der Waals surface area (Å²) in [7, 11) is 4.11. The second-order valence-electron chi connectivity index (χ2n) is 6.64. The number of nitrogens with zero attached hydrogens (tertiary/aromatic N) is 4. The Morgan fingerprint density at radius 1 is 1.27 bits per heavy atom. The molecule has 0 saturated heterocycles. The van der Waals surface area contributed by atoms with E-state index >= 15 is 0 Å². The summed E-state index contributed by atoms with van der Waals surface area (Å²) in [5, 5.41) is 19.3. The fourth-order valence-electron chi connectivity index (χ4n) is 3.50. The predicted molar refractivity (Wildman–Crippen MR) is 83.3 cm³/mol. The van der Waals surface area contributed by atoms with Crippen LogP contribution in [-0.4, -0.2) is 37.9 Å². The maximum atomic E-state index is 10.6. The molecule has 1 aromatic heterocycles. The lowest BCUT2D eigenvalue weighted by atomic mass is 10.1. The quantitative estimate of drug-likeness (QED) is 0.935. The molecule has 116 valence electrons. The lowest BCUT2D eigenvalue weighted by molar-refractivity contribution is 0.0702. The molecule has 0 radical (unpaired) electrons. The first-order valence-electron chi connectivity index (χ1n) is 7.99. The number of fused-ring (bicyclic) bond motifs is 1. The van der Waals surface area contributed by atoms with Crippen molar-refractivity contribution in [1.29, 1.82) is 0 Å². The number of likely N-dealkylation sites (N-methyl/N-ethyl adjacent to an activating group) is 1. The van der Waals surface area contributed by atoms with E-state index < -0.39 is 6.10 Å². The van der Waals surface area contributed by atoms with Gasteiger partial charge in [-0.1, -0.05) is 24.3 Å². The van der Waals surface area contributed by atoms with Gasteiger partial charge in [0.25, 0.3) is 0 Å². The van der Waals surface area contributed by atoms with Crippen molar-refractivity contribution in [2.24, 2.45) is 7.05 Å². The Balaban J connectivity index is 1.50. The summed E-state index contributed by atoms with van der Waals surface area (Å²) < 4.78 is 2.13. The zero-order valence-corrected chi connectivity index (χ0v) is 13.1. The second-order valence-corrected chi connectivity index (χ2v) is 6.64. The molecule has 0 aliphatic heterocycles. The van der Waals surface area contributed by atoms with Crippen LogP contribution in [0.4, 0.5) is 0 Å². The molecule has 1 saturated carbocycles. The van der Waals surface area contributed by atoms with E-state index in [2.05, 4.69) is 39.8 Å². The van der Waals surface area contributed by atoms with Gasteiger partial charge < -0.3 is 9.67 Å². The number of aromatic nitrogens is 3. The van der Waals surface area contributed by atoms with Crippen LogP contribution in [0.25, 0.3) is 0 Å². The third kappa shape index (κ3) is 2.25. The largest absolute Gasteiger partial charge is 0.387 e. The van der Waals surface area contributed by atoms with Crippen LogP contribution in [0.1, 0.15) is 47.6 Å². The van der Waals surface area contributed by atoms with E-state index in [1.165, 1.54) is 18.4 Å². The summed E-state index contributed by atoms with van der Waals surface area (Å²) in [5.74, 6) is 2.70. The fraction of sp³-hybridized carbons (Fsp3) is 0.529. The topological polar surface area (TPSA) is 54.2 Å². The summed E-state index contributed by atoms with van der Waals surface area (Å²) in [6.45, 7) is 0.714. The summed E-state index contributed by atoms with van der Waals surface area (Å²) in [5.41, 5.74) is 2.32. The Kier molecular flexibility index (Phi) is 3.27. The highest BCUT2D eigenvalue weighted by molar-refractivity contribution is 5.35. The highest BCUT2D eigenvalue weighted by atomic mass is 16.3. The van der Waals surface area contributed by atoms with Crippen LogP contribution in [0.5, 0.6) is 0 Å². The molecule has 0 bridgehead atoms. The number of hydrogen-bond acceptors (Lipinski definition) is 4. The molecular formula is C17H22N4O. The van der Waals surface area contributed by atoms with Crippen molar-refractivity contribution < 1.29 is 5.11 Å². The Bertz CT molecular complexity index is 692. The van der Waals surface area contributed by atoms with E-state index in [-0.39, 0.29) is 6.04 Å². The first-order chi connectivity index (χ1) is 10.6. The number of aliphatic hydroxyl groups excluding tert-OH is 1. The summed E-state index contributed by atoms with van der Waals surface area (Å²) >= 11 is 0. The maximum Gasteiger partial charge on any atom is 0.146 e. The van der Waals surface area contributed by atoms with Crippen molar-refractivity contribution in [3.63, 3.8) is 0 Å². The molecule has 4 rings (SSSR count). The van der Waals surface area contributed by atoms with Gasteiger partial charge in [0.1, 0.15) is 11.6 Å². The van der Waals surface area contributed by atoms with Gasteiger partial charge in [0.15, 0.2) is 0 Å². The van der Waals surface area contributed by atoms with Crippen molar-refractivity contribution in [3.05, 3.63) is 47.0 Å². The van der Waals surface area contributed by atoms with Crippen molar-refractivity contribution in [3.8, 4) is 0 Å². The zero-order chi connectivity index (χ0) is 15.3. The number of benzene rings is 1. The van der Waals surface area contributed by atoms with E-state index in [9.17, 15) is 5.11 Å². The van der Waals surface area contributed by atoms with Gasteiger partial charge in [-0.3, -0.25) is 4.90 Å². The van der Waals surface area contributed by atoms with Crippen LogP contribution in [0, 0.1) is 0 Å². The average molecular weight is 298 g/mol. The van der Waals surface area contributed by atoms with Crippen molar-refractivity contribution in [1.82, 2.24) is 19.7 Å². The van der Waals surface area contributed by atoms with Gasteiger partial charge in [0.2, 0.25) is 0 Å². The summed E-state index contributed by atoms with van der Waals surface area (Å²) in [6, 6.07) is 8.29. The summed E-state index contributed by atoms with van der Waals surface area (Å²) in [6.07, 6.45) is 2.94. The van der Waals surface area contributed by atoms with Crippen molar-refractivity contribution >= 4 is 0 Å². The molecule has 1 fully saturated rings. The molecule has 0 spiro atoms. The number of aliphatic hydroxyl groups is 1. The van der Waals surface area contributed by atoms with Crippen LogP contribution < -0.4 is 0 Å². The van der Waals surface area contributed by atoms with E-state index in [4.69, 9.17) is 0 Å². The first kappa shape index (κ1) is 13.9. The molecule has 1 N–H and O–H groups in total. The van der Waals surface area contributed by atoms with Gasteiger partial charge in [-0.15, -0.1) is 10.2 Å². The van der Waals surface area contributed by atoms with Gasteiger partial charge >= 0.3 is 0 Å². The average Bonchev–Trinajstić information content (AvgIpc) is 3.22. The van der Waals surface area contributed by atoms with E-state index in [0.717, 1.165) is 23.6 Å². The Morgan fingerprint density at radius 2 is 2.05 bits per heavy atom. The van der Waals surface area contributed by atoms with Gasteiger partial charge in [-0.05, 0) is 37.4 Å². The van der Waals surface area contributed by atoms with Crippen LogP contribution in [0.2, 0.25) is 0 Å². The van der Waals surface area contributed by atoms with Crippen LogP contribution >= 0.6 is 0 Å². The molecule has 2 aliphatic rings. The standard InChI is InChI=1S/C17H22N4O/c1-20(10-15-18-19-17(21(15)2)11-7-8-11)14-9-12-5-3-4-6-13(12)16(14)22/h3-6,11,14,16,22H,7-10H2,1-2H3. The van der Waals surface area contributed by atoms with Crippen molar-refractivity contribution in [2.75, 3.05) is 7.05 Å². The molecule has 5 nitrogen and oxygen atoms in total. The molecule has 2 aromatic rings. The van der Waals surface area contributed by atoms with Gasteiger partial charge in [0.05, 0.1) is 12.6 Å².